The normalized spacial score (nSPS) is 15.8. The Balaban J connectivity index is 2.48. The van der Waals surface area contributed by atoms with E-state index in [-0.39, 0.29) is 15.9 Å². The lowest BCUT2D eigenvalue weighted by Gasteiger charge is -2.01. The Kier molecular flexibility index (Phi) is 2.22. The first-order valence-electron chi connectivity index (χ1n) is 3.90. The van der Waals surface area contributed by atoms with Crippen LogP contribution < -0.4 is 0 Å². The predicted molar refractivity (Wildman–Crippen MR) is 49.4 cm³/mol. The van der Waals surface area contributed by atoms with Gasteiger partial charge in [0, 0.05) is 5.92 Å². The number of aromatic nitrogens is 2. The fourth-order valence-electron chi connectivity index (χ4n) is 1.05. The highest BCUT2D eigenvalue weighted by molar-refractivity contribution is 6.36. The number of carbonyl (C=O) groups is 1. The van der Waals surface area contributed by atoms with E-state index in [1.807, 2.05) is 0 Å². The van der Waals surface area contributed by atoms with E-state index in [2.05, 4.69) is 9.97 Å². The van der Waals surface area contributed by atoms with Crippen LogP contribution in [0.3, 0.4) is 0 Å². The molecule has 0 aliphatic heterocycles. The van der Waals surface area contributed by atoms with Gasteiger partial charge in [0.25, 0.3) is 0 Å². The average molecular weight is 217 g/mol. The average Bonchev–Trinajstić information content (AvgIpc) is 2.85. The van der Waals surface area contributed by atoms with Crippen LogP contribution in [0.5, 0.6) is 0 Å². The van der Waals surface area contributed by atoms with Crippen molar-refractivity contribution in [2.24, 2.45) is 0 Å². The van der Waals surface area contributed by atoms with Crippen molar-refractivity contribution in [2.45, 2.75) is 18.8 Å². The van der Waals surface area contributed by atoms with Gasteiger partial charge in [0.15, 0.2) is 6.29 Å². The third kappa shape index (κ3) is 1.67. The fraction of sp³-hybridized carbons (Fsp3) is 0.375. The zero-order valence-electron chi connectivity index (χ0n) is 6.63. The molecule has 5 heteroatoms. The molecule has 1 aromatic rings. The molecule has 0 amide bonds. The summed E-state index contributed by atoms with van der Waals surface area (Å²) in [5.74, 6) is 1.04. The maximum Gasteiger partial charge on any atom is 0.156 e. The number of hydrogen-bond donors (Lipinski definition) is 0. The molecule has 1 heterocycles. The van der Waals surface area contributed by atoms with Crippen LogP contribution >= 0.6 is 23.2 Å². The maximum absolute atomic E-state index is 10.5. The molecule has 0 radical (unpaired) electrons. The number of carbonyl (C=O) groups excluding carboxylic acids is 1. The smallest absolute Gasteiger partial charge is 0.156 e. The molecule has 2 rings (SSSR count). The lowest BCUT2D eigenvalue weighted by Crippen LogP contribution is -1.98. The van der Waals surface area contributed by atoms with Gasteiger partial charge >= 0.3 is 0 Å². The minimum absolute atomic E-state index is 0.150. The Hall–Kier alpha value is -0.670. The Morgan fingerprint density at radius 3 is 2.15 bits per heavy atom. The Morgan fingerprint density at radius 2 is 1.77 bits per heavy atom. The van der Waals surface area contributed by atoms with Gasteiger partial charge in [0.1, 0.15) is 16.1 Å². The second kappa shape index (κ2) is 3.24. The van der Waals surface area contributed by atoms with Gasteiger partial charge in [0.05, 0.1) is 5.56 Å². The van der Waals surface area contributed by atoms with Gasteiger partial charge in [0.2, 0.25) is 0 Å². The lowest BCUT2D eigenvalue weighted by atomic mass is 10.3. The maximum atomic E-state index is 10.5. The molecule has 0 atom stereocenters. The molecule has 3 nitrogen and oxygen atoms in total. The van der Waals surface area contributed by atoms with Crippen LogP contribution in [-0.4, -0.2) is 16.3 Å². The molecule has 0 aromatic carbocycles. The highest BCUT2D eigenvalue weighted by atomic mass is 35.5. The minimum Gasteiger partial charge on any atom is -0.298 e. The fourth-order valence-corrected chi connectivity index (χ4v) is 1.54. The summed E-state index contributed by atoms with van der Waals surface area (Å²) in [6.45, 7) is 0. The Labute approximate surface area is 85.1 Å². The predicted octanol–water partition coefficient (Wildman–Crippen LogP) is 2.47. The van der Waals surface area contributed by atoms with E-state index >= 15 is 0 Å². The summed E-state index contributed by atoms with van der Waals surface area (Å²) in [6, 6.07) is 0. The first kappa shape index (κ1) is 8.91. The van der Waals surface area contributed by atoms with Crippen molar-refractivity contribution in [3.8, 4) is 0 Å². The van der Waals surface area contributed by atoms with Crippen LogP contribution in [0.25, 0.3) is 0 Å². The zero-order chi connectivity index (χ0) is 9.42. The van der Waals surface area contributed by atoms with Crippen molar-refractivity contribution >= 4 is 29.5 Å². The SMILES string of the molecule is O=Cc1c(Cl)nc(C2CC2)nc1Cl. The Morgan fingerprint density at radius 1 is 1.23 bits per heavy atom. The van der Waals surface area contributed by atoms with E-state index < -0.39 is 0 Å². The summed E-state index contributed by atoms with van der Waals surface area (Å²) in [4.78, 5) is 18.5. The standard InChI is InChI=1S/C8H6Cl2N2O/c9-6-5(3-13)7(10)12-8(11-6)4-1-2-4/h3-4H,1-2H2. The number of halogens is 2. The van der Waals surface area contributed by atoms with E-state index in [0.717, 1.165) is 12.8 Å². The van der Waals surface area contributed by atoms with E-state index in [0.29, 0.717) is 18.0 Å². The molecule has 0 saturated heterocycles. The van der Waals surface area contributed by atoms with Gasteiger partial charge in [-0.2, -0.15) is 0 Å². The molecule has 1 fully saturated rings. The summed E-state index contributed by atoms with van der Waals surface area (Å²) < 4.78 is 0. The molecule has 0 bridgehead atoms. The summed E-state index contributed by atoms with van der Waals surface area (Å²) in [5, 5.41) is 0.300. The van der Waals surface area contributed by atoms with Gasteiger partial charge in [-0.15, -0.1) is 0 Å². The van der Waals surface area contributed by atoms with E-state index in [4.69, 9.17) is 23.2 Å². The van der Waals surface area contributed by atoms with Crippen LogP contribution in [-0.2, 0) is 0 Å². The number of aldehydes is 1. The van der Waals surface area contributed by atoms with E-state index in [1.54, 1.807) is 0 Å². The molecule has 13 heavy (non-hydrogen) atoms. The molecule has 1 aliphatic carbocycles. The van der Waals surface area contributed by atoms with E-state index in [1.165, 1.54) is 0 Å². The van der Waals surface area contributed by atoms with Gasteiger partial charge in [-0.05, 0) is 12.8 Å². The first-order valence-corrected chi connectivity index (χ1v) is 4.66. The van der Waals surface area contributed by atoms with Crippen molar-refractivity contribution in [3.63, 3.8) is 0 Å². The number of nitrogens with zero attached hydrogens (tertiary/aromatic N) is 2. The van der Waals surface area contributed by atoms with Crippen LogP contribution in [0.15, 0.2) is 0 Å². The lowest BCUT2D eigenvalue weighted by molar-refractivity contribution is 0.112. The summed E-state index contributed by atoms with van der Waals surface area (Å²) in [6.07, 6.45) is 2.72. The van der Waals surface area contributed by atoms with Gasteiger partial charge in [-0.3, -0.25) is 4.79 Å². The number of rotatable bonds is 2. The quantitative estimate of drug-likeness (QED) is 0.564. The largest absolute Gasteiger partial charge is 0.298 e. The van der Waals surface area contributed by atoms with E-state index in [9.17, 15) is 4.79 Å². The third-order valence-electron chi connectivity index (χ3n) is 1.93. The first-order chi connectivity index (χ1) is 6.22. The molecule has 0 N–H and O–H groups in total. The molecule has 0 spiro atoms. The summed E-state index contributed by atoms with van der Waals surface area (Å²) in [7, 11) is 0. The van der Waals surface area contributed by atoms with Gasteiger partial charge in [-0.25, -0.2) is 9.97 Å². The molecule has 1 aliphatic rings. The van der Waals surface area contributed by atoms with Crippen molar-refractivity contribution in [1.82, 2.24) is 9.97 Å². The van der Waals surface area contributed by atoms with Crippen molar-refractivity contribution in [3.05, 3.63) is 21.7 Å². The Bertz CT molecular complexity index is 340. The molecular formula is C8H6Cl2N2O. The molecular weight excluding hydrogens is 211 g/mol. The molecule has 0 unspecified atom stereocenters. The van der Waals surface area contributed by atoms with Crippen LogP contribution in [0.1, 0.15) is 34.9 Å². The van der Waals surface area contributed by atoms with Crippen molar-refractivity contribution in [1.29, 1.82) is 0 Å². The highest BCUT2D eigenvalue weighted by Crippen LogP contribution is 2.39. The summed E-state index contributed by atoms with van der Waals surface area (Å²) in [5.41, 5.74) is 0.174. The third-order valence-corrected chi connectivity index (χ3v) is 2.51. The minimum atomic E-state index is 0.150. The van der Waals surface area contributed by atoms with Crippen LogP contribution in [0.4, 0.5) is 0 Å². The molecule has 68 valence electrons. The second-order valence-corrected chi connectivity index (χ2v) is 3.69. The highest BCUT2D eigenvalue weighted by Gasteiger charge is 2.28. The monoisotopic (exact) mass is 216 g/mol. The second-order valence-electron chi connectivity index (χ2n) is 2.97. The molecule has 1 saturated carbocycles. The van der Waals surface area contributed by atoms with Crippen molar-refractivity contribution in [2.75, 3.05) is 0 Å². The number of hydrogen-bond acceptors (Lipinski definition) is 3. The zero-order valence-corrected chi connectivity index (χ0v) is 8.14. The summed E-state index contributed by atoms with van der Waals surface area (Å²) >= 11 is 11.5. The van der Waals surface area contributed by atoms with Gasteiger partial charge in [-0.1, -0.05) is 23.2 Å². The van der Waals surface area contributed by atoms with Crippen LogP contribution in [0.2, 0.25) is 10.3 Å². The van der Waals surface area contributed by atoms with Gasteiger partial charge < -0.3 is 0 Å². The van der Waals surface area contributed by atoms with Crippen LogP contribution in [0, 0.1) is 0 Å². The topological polar surface area (TPSA) is 42.9 Å². The molecule has 1 aromatic heterocycles. The van der Waals surface area contributed by atoms with Crippen molar-refractivity contribution < 1.29 is 4.79 Å².